The van der Waals surface area contributed by atoms with Gasteiger partial charge in [0, 0.05) is 29.2 Å². The lowest BCUT2D eigenvalue weighted by Gasteiger charge is -2.25. The van der Waals surface area contributed by atoms with Crippen LogP contribution in [0.4, 0.5) is 0 Å². The van der Waals surface area contributed by atoms with Crippen molar-refractivity contribution in [3.8, 4) is 11.5 Å². The molecule has 2 N–H and O–H groups in total. The Balaban J connectivity index is 1.53. The van der Waals surface area contributed by atoms with Gasteiger partial charge in [0.25, 0.3) is 11.7 Å². The number of fused-ring (bicyclic) bond motifs is 1. The van der Waals surface area contributed by atoms with Crippen LogP contribution < -0.4 is 9.47 Å². The summed E-state index contributed by atoms with van der Waals surface area (Å²) >= 11 is 0. The number of hydrogen-bond acceptors (Lipinski definition) is 5. The van der Waals surface area contributed by atoms with Gasteiger partial charge in [0.1, 0.15) is 17.3 Å². The SMILES string of the molecule is CCOc1ccc(C(O)=C2C(=O)C(=O)N(CCc3c[nH]c4ccccc34)[C@H]2c2ccc(OCC)cc2)cc1. The highest BCUT2D eigenvalue weighted by molar-refractivity contribution is 6.46. The number of para-hydroxylation sites is 1. The predicted octanol–water partition coefficient (Wildman–Crippen LogP) is 5.63. The zero-order valence-corrected chi connectivity index (χ0v) is 21.4. The fourth-order valence-corrected chi connectivity index (χ4v) is 4.98. The molecule has 1 aliphatic heterocycles. The highest BCUT2D eigenvalue weighted by Crippen LogP contribution is 2.40. The summed E-state index contributed by atoms with van der Waals surface area (Å²) in [6.45, 7) is 5.15. The summed E-state index contributed by atoms with van der Waals surface area (Å²) in [5.41, 5.74) is 3.31. The third kappa shape index (κ3) is 4.75. The minimum absolute atomic E-state index is 0.0715. The van der Waals surface area contributed by atoms with E-state index in [0.717, 1.165) is 22.0 Å². The second kappa shape index (κ2) is 10.8. The predicted molar refractivity (Wildman–Crippen MR) is 146 cm³/mol. The molecule has 0 radical (unpaired) electrons. The summed E-state index contributed by atoms with van der Waals surface area (Å²) in [7, 11) is 0. The van der Waals surface area contributed by atoms with Crippen molar-refractivity contribution >= 4 is 28.4 Å². The number of carbonyl (C=O) groups excluding carboxylic acids is 2. The number of carbonyl (C=O) groups is 2. The number of likely N-dealkylation sites (tertiary alicyclic amines) is 1. The number of ketones is 1. The van der Waals surface area contributed by atoms with Crippen LogP contribution in [0.2, 0.25) is 0 Å². The molecule has 3 aromatic carbocycles. The van der Waals surface area contributed by atoms with E-state index in [4.69, 9.17) is 9.47 Å². The highest BCUT2D eigenvalue weighted by atomic mass is 16.5. The van der Waals surface area contributed by atoms with Gasteiger partial charge in [-0.25, -0.2) is 0 Å². The molecule has 1 saturated heterocycles. The third-order valence-corrected chi connectivity index (χ3v) is 6.78. The van der Waals surface area contributed by atoms with Gasteiger partial charge in [-0.1, -0.05) is 30.3 Å². The van der Waals surface area contributed by atoms with Crippen LogP contribution in [0.3, 0.4) is 0 Å². The van der Waals surface area contributed by atoms with E-state index in [-0.39, 0.29) is 11.3 Å². The van der Waals surface area contributed by atoms with Crippen molar-refractivity contribution in [3.05, 3.63) is 101 Å². The number of hydrogen-bond donors (Lipinski definition) is 2. The average molecular weight is 511 g/mol. The fourth-order valence-electron chi connectivity index (χ4n) is 4.98. The van der Waals surface area contributed by atoms with Crippen LogP contribution in [0, 0.1) is 0 Å². The van der Waals surface area contributed by atoms with E-state index >= 15 is 0 Å². The number of benzene rings is 3. The quantitative estimate of drug-likeness (QED) is 0.173. The second-order valence-corrected chi connectivity index (χ2v) is 9.06. The van der Waals surface area contributed by atoms with Crippen LogP contribution in [0.1, 0.15) is 36.6 Å². The summed E-state index contributed by atoms with van der Waals surface area (Å²) in [5, 5.41) is 12.4. The number of nitrogens with zero attached hydrogens (tertiary/aromatic N) is 1. The maximum atomic E-state index is 13.4. The normalized spacial score (nSPS) is 16.8. The van der Waals surface area contributed by atoms with E-state index in [1.165, 1.54) is 0 Å². The van der Waals surface area contributed by atoms with Gasteiger partial charge in [0.2, 0.25) is 0 Å². The Morgan fingerprint density at radius 3 is 2.18 bits per heavy atom. The second-order valence-electron chi connectivity index (χ2n) is 9.06. The molecular formula is C31H30N2O5. The van der Waals surface area contributed by atoms with Crippen LogP contribution >= 0.6 is 0 Å². The smallest absolute Gasteiger partial charge is 0.295 e. The zero-order valence-electron chi connectivity index (χ0n) is 21.4. The monoisotopic (exact) mass is 510 g/mol. The molecule has 0 bridgehead atoms. The Labute approximate surface area is 221 Å². The molecule has 7 nitrogen and oxygen atoms in total. The topological polar surface area (TPSA) is 91.9 Å². The molecule has 2 heterocycles. The van der Waals surface area contributed by atoms with Gasteiger partial charge in [-0.15, -0.1) is 0 Å². The van der Waals surface area contributed by atoms with Gasteiger partial charge >= 0.3 is 0 Å². The first-order valence-corrected chi connectivity index (χ1v) is 12.8. The Bertz CT molecular complexity index is 1490. The van der Waals surface area contributed by atoms with Crippen molar-refractivity contribution in [1.29, 1.82) is 0 Å². The lowest BCUT2D eigenvalue weighted by Crippen LogP contribution is -2.31. The first-order valence-electron chi connectivity index (χ1n) is 12.8. The Morgan fingerprint density at radius 2 is 1.53 bits per heavy atom. The molecule has 1 atom stereocenters. The number of H-pyrrole nitrogens is 1. The van der Waals surface area contributed by atoms with E-state index in [1.807, 2.05) is 68.6 Å². The molecule has 1 aliphatic rings. The van der Waals surface area contributed by atoms with Crippen molar-refractivity contribution in [2.75, 3.05) is 19.8 Å². The van der Waals surface area contributed by atoms with Gasteiger partial charge in [0.05, 0.1) is 24.8 Å². The van der Waals surface area contributed by atoms with Gasteiger partial charge < -0.3 is 24.5 Å². The largest absolute Gasteiger partial charge is 0.507 e. The first-order chi connectivity index (χ1) is 18.5. The van der Waals surface area contributed by atoms with Crippen molar-refractivity contribution in [3.63, 3.8) is 0 Å². The molecule has 5 rings (SSSR count). The average Bonchev–Trinajstić information content (AvgIpc) is 3.46. The van der Waals surface area contributed by atoms with E-state index in [1.54, 1.807) is 29.2 Å². The zero-order chi connectivity index (χ0) is 26.6. The molecule has 1 fully saturated rings. The summed E-state index contributed by atoms with van der Waals surface area (Å²) in [6.07, 6.45) is 2.49. The number of Topliss-reactive ketones (excluding diaryl/α,β-unsaturated/α-hetero) is 1. The molecule has 7 heteroatoms. The van der Waals surface area contributed by atoms with Gasteiger partial charge in [0.15, 0.2) is 0 Å². The van der Waals surface area contributed by atoms with Crippen LogP contribution in [-0.4, -0.2) is 46.4 Å². The molecular weight excluding hydrogens is 480 g/mol. The maximum Gasteiger partial charge on any atom is 0.295 e. The highest BCUT2D eigenvalue weighted by Gasteiger charge is 2.45. The molecule has 0 aliphatic carbocycles. The van der Waals surface area contributed by atoms with E-state index in [0.29, 0.717) is 43.2 Å². The van der Waals surface area contributed by atoms with Gasteiger partial charge in [-0.2, -0.15) is 0 Å². The first kappa shape index (κ1) is 25.1. The van der Waals surface area contributed by atoms with Crippen molar-refractivity contribution < 1.29 is 24.2 Å². The molecule has 0 spiro atoms. The standard InChI is InChI=1S/C31H30N2O5/c1-3-37-23-13-9-20(10-14-23)28-27(29(34)21-11-15-24(16-12-21)38-4-2)30(35)31(36)33(28)18-17-22-19-32-26-8-6-5-7-25(22)26/h5-16,19,28,32,34H,3-4,17-18H2,1-2H3/t28-/m0/s1. The number of aliphatic hydroxyl groups is 1. The van der Waals surface area contributed by atoms with E-state index in [9.17, 15) is 14.7 Å². The number of amides is 1. The summed E-state index contributed by atoms with van der Waals surface area (Å²) < 4.78 is 11.1. The number of aromatic nitrogens is 1. The summed E-state index contributed by atoms with van der Waals surface area (Å²) in [5.74, 6) is -0.185. The maximum absolute atomic E-state index is 13.4. The minimum Gasteiger partial charge on any atom is -0.507 e. The number of aliphatic hydroxyl groups excluding tert-OH is 1. The van der Waals surface area contributed by atoms with Crippen LogP contribution in [0.25, 0.3) is 16.7 Å². The third-order valence-electron chi connectivity index (χ3n) is 6.78. The number of aromatic amines is 1. The molecule has 1 aromatic heterocycles. The molecule has 38 heavy (non-hydrogen) atoms. The van der Waals surface area contributed by atoms with E-state index in [2.05, 4.69) is 4.98 Å². The van der Waals surface area contributed by atoms with Crippen molar-refractivity contribution in [1.82, 2.24) is 9.88 Å². The minimum atomic E-state index is -0.734. The summed E-state index contributed by atoms with van der Waals surface area (Å²) in [6, 6.07) is 21.4. The lowest BCUT2D eigenvalue weighted by atomic mass is 9.95. The van der Waals surface area contributed by atoms with Crippen LogP contribution in [0.5, 0.6) is 11.5 Å². The van der Waals surface area contributed by atoms with Crippen molar-refractivity contribution in [2.24, 2.45) is 0 Å². The Kier molecular flexibility index (Phi) is 7.18. The fraction of sp³-hybridized carbons (Fsp3) is 0.226. The summed E-state index contributed by atoms with van der Waals surface area (Å²) in [4.78, 5) is 31.5. The van der Waals surface area contributed by atoms with Gasteiger partial charge in [-0.05, 0) is 73.9 Å². The molecule has 194 valence electrons. The number of nitrogens with one attached hydrogen (secondary N) is 1. The Hall–Kier alpha value is -4.52. The molecule has 4 aromatic rings. The van der Waals surface area contributed by atoms with Crippen molar-refractivity contribution in [2.45, 2.75) is 26.3 Å². The Morgan fingerprint density at radius 1 is 0.895 bits per heavy atom. The van der Waals surface area contributed by atoms with E-state index < -0.39 is 17.7 Å². The van der Waals surface area contributed by atoms with Crippen LogP contribution in [0.15, 0.2) is 84.6 Å². The molecule has 1 amide bonds. The molecule has 0 saturated carbocycles. The van der Waals surface area contributed by atoms with Gasteiger partial charge in [-0.3, -0.25) is 9.59 Å². The number of rotatable bonds is 9. The lowest BCUT2D eigenvalue weighted by molar-refractivity contribution is -0.139. The number of ether oxygens (including phenoxy) is 2. The van der Waals surface area contributed by atoms with Crippen LogP contribution in [-0.2, 0) is 16.0 Å². The molecule has 0 unspecified atom stereocenters.